The van der Waals surface area contributed by atoms with Crippen LogP contribution in [0.3, 0.4) is 0 Å². The first-order chi connectivity index (χ1) is 24.7. The van der Waals surface area contributed by atoms with Crippen LogP contribution in [0.25, 0.3) is 83.9 Å². The van der Waals surface area contributed by atoms with Gasteiger partial charge in [0.1, 0.15) is 0 Å². The Balaban J connectivity index is 1.34. The third-order valence-corrected chi connectivity index (χ3v) is 9.30. The fourth-order valence-electron chi connectivity index (χ4n) is 6.85. The summed E-state index contributed by atoms with van der Waals surface area (Å²) in [6, 6.07) is 54.8. The van der Waals surface area contributed by atoms with Crippen molar-refractivity contribution in [2.45, 2.75) is 6.92 Å². The number of hydrogen-bond donors (Lipinski definition) is 0. The first kappa shape index (κ1) is 29.4. The average Bonchev–Trinajstić information content (AvgIpc) is 3.52. The van der Waals surface area contributed by atoms with Crippen molar-refractivity contribution >= 4 is 21.8 Å². The highest BCUT2D eigenvalue weighted by Gasteiger charge is 2.21. The lowest BCUT2D eigenvalue weighted by Gasteiger charge is -2.16. The normalized spacial score (nSPS) is 11.3. The molecule has 3 aromatic heterocycles. The van der Waals surface area contributed by atoms with Crippen LogP contribution >= 0.6 is 0 Å². The van der Waals surface area contributed by atoms with Gasteiger partial charge in [-0.25, -0.2) is 15.0 Å². The van der Waals surface area contributed by atoms with Crippen LogP contribution in [-0.4, -0.2) is 24.5 Å². The highest BCUT2D eigenvalue weighted by atomic mass is 15.1. The lowest BCUT2D eigenvalue weighted by Crippen LogP contribution is -2.04. The van der Waals surface area contributed by atoms with E-state index in [0.29, 0.717) is 17.5 Å². The van der Waals surface area contributed by atoms with Crippen molar-refractivity contribution < 1.29 is 0 Å². The molecule has 0 spiro atoms. The molecule has 0 fully saturated rings. The maximum atomic E-state index is 5.18. The smallest absolute Gasteiger partial charge is 0.166 e. The lowest BCUT2D eigenvalue weighted by molar-refractivity contribution is 1.06. The van der Waals surface area contributed by atoms with Crippen LogP contribution in [0.1, 0.15) is 5.56 Å². The van der Waals surface area contributed by atoms with Crippen LogP contribution in [0.2, 0.25) is 0 Å². The Labute approximate surface area is 290 Å². The van der Waals surface area contributed by atoms with E-state index in [4.69, 9.17) is 15.0 Å². The highest BCUT2D eigenvalue weighted by Crippen LogP contribution is 2.39. The molecular weight excluding hydrogens is 611 g/mol. The summed E-state index contributed by atoms with van der Waals surface area (Å²) in [4.78, 5) is 19.8. The van der Waals surface area contributed by atoms with Crippen molar-refractivity contribution in [2.75, 3.05) is 0 Å². The molecule has 0 atom stereocenters. The van der Waals surface area contributed by atoms with Gasteiger partial charge >= 0.3 is 0 Å². The Kier molecular flexibility index (Phi) is 7.29. The molecule has 0 N–H and O–H groups in total. The molecule has 5 nitrogen and oxygen atoms in total. The van der Waals surface area contributed by atoms with Gasteiger partial charge in [0.05, 0.1) is 16.7 Å². The van der Waals surface area contributed by atoms with Crippen LogP contribution in [0.5, 0.6) is 0 Å². The predicted molar refractivity (Wildman–Crippen MR) is 204 cm³/mol. The number of aromatic nitrogens is 5. The van der Waals surface area contributed by atoms with Crippen molar-refractivity contribution in [3.63, 3.8) is 0 Å². The summed E-state index contributed by atoms with van der Waals surface area (Å²) < 4.78 is 2.35. The Morgan fingerprint density at radius 3 is 1.76 bits per heavy atom. The quantitative estimate of drug-likeness (QED) is 0.181. The van der Waals surface area contributed by atoms with Crippen LogP contribution < -0.4 is 0 Å². The van der Waals surface area contributed by atoms with E-state index in [0.717, 1.165) is 44.5 Å². The van der Waals surface area contributed by atoms with Gasteiger partial charge in [0, 0.05) is 45.4 Å². The first-order valence-corrected chi connectivity index (χ1v) is 16.7. The van der Waals surface area contributed by atoms with Gasteiger partial charge in [-0.05, 0) is 65.6 Å². The molecule has 50 heavy (non-hydrogen) atoms. The van der Waals surface area contributed by atoms with Crippen molar-refractivity contribution in [3.8, 4) is 62.1 Å². The second-order valence-corrected chi connectivity index (χ2v) is 12.4. The number of para-hydroxylation sites is 1. The van der Waals surface area contributed by atoms with Gasteiger partial charge in [-0.15, -0.1) is 0 Å². The van der Waals surface area contributed by atoms with Gasteiger partial charge in [0.15, 0.2) is 17.5 Å². The Morgan fingerprint density at radius 1 is 0.420 bits per heavy atom. The van der Waals surface area contributed by atoms with Gasteiger partial charge < -0.3 is 4.57 Å². The van der Waals surface area contributed by atoms with E-state index in [-0.39, 0.29) is 0 Å². The molecule has 0 saturated carbocycles. The minimum absolute atomic E-state index is 0.598. The molecule has 0 bridgehead atoms. The van der Waals surface area contributed by atoms with Gasteiger partial charge in [0.25, 0.3) is 0 Å². The molecule has 3 heterocycles. The SMILES string of the molecule is Cc1ccccc1-c1ccc2c(c1)c1ccccc1n2-c1ccc(-c2cccnc2)cc1-c1nc(-c2ccccc2)nc(-c2ccccc2)n1. The van der Waals surface area contributed by atoms with E-state index >= 15 is 0 Å². The summed E-state index contributed by atoms with van der Waals surface area (Å²) in [7, 11) is 0. The fraction of sp³-hybridized carbons (Fsp3) is 0.0222. The number of pyridine rings is 1. The predicted octanol–water partition coefficient (Wildman–Crippen LogP) is 11.0. The molecular formula is C45H31N5. The standard InChI is InChI=1S/C45H31N5/c1-30-13-8-9-19-36(30)34-23-25-41-38(28-34)37-20-10-11-21-40(37)50(41)42-24-22-33(35-18-12-26-46-29-35)27-39(42)45-48-43(31-14-4-2-5-15-31)47-44(49-45)32-16-6-3-7-17-32/h2-29H,1H3. The summed E-state index contributed by atoms with van der Waals surface area (Å²) in [5.41, 5.74) is 11.7. The van der Waals surface area contributed by atoms with Crippen LogP contribution in [-0.2, 0) is 0 Å². The third-order valence-electron chi connectivity index (χ3n) is 9.30. The average molecular weight is 642 g/mol. The molecule has 0 radical (unpaired) electrons. The minimum Gasteiger partial charge on any atom is -0.309 e. The molecule has 0 aliphatic carbocycles. The topological polar surface area (TPSA) is 56.5 Å². The molecule has 9 rings (SSSR count). The summed E-state index contributed by atoms with van der Waals surface area (Å²) in [6.45, 7) is 2.17. The summed E-state index contributed by atoms with van der Waals surface area (Å²) in [5, 5.41) is 2.38. The molecule has 5 heteroatoms. The molecule has 236 valence electrons. The number of fused-ring (bicyclic) bond motifs is 3. The molecule has 0 aliphatic rings. The molecule has 0 aliphatic heterocycles. The third kappa shape index (κ3) is 5.22. The Hall–Kier alpha value is -6.72. The zero-order valence-corrected chi connectivity index (χ0v) is 27.4. The molecule has 0 amide bonds. The fourth-order valence-corrected chi connectivity index (χ4v) is 6.85. The number of benzene rings is 6. The number of nitrogens with zero attached hydrogens (tertiary/aromatic N) is 5. The van der Waals surface area contributed by atoms with Crippen molar-refractivity contribution in [1.82, 2.24) is 24.5 Å². The monoisotopic (exact) mass is 641 g/mol. The largest absolute Gasteiger partial charge is 0.309 e. The second kappa shape index (κ2) is 12.4. The molecule has 0 saturated heterocycles. The van der Waals surface area contributed by atoms with E-state index in [1.54, 1.807) is 6.20 Å². The second-order valence-electron chi connectivity index (χ2n) is 12.4. The van der Waals surface area contributed by atoms with E-state index in [9.17, 15) is 0 Å². The van der Waals surface area contributed by atoms with Gasteiger partial charge in [-0.1, -0.05) is 121 Å². The van der Waals surface area contributed by atoms with Crippen LogP contribution in [0.4, 0.5) is 0 Å². The number of rotatable bonds is 6. The van der Waals surface area contributed by atoms with E-state index < -0.39 is 0 Å². The van der Waals surface area contributed by atoms with Crippen molar-refractivity contribution in [2.24, 2.45) is 0 Å². The highest BCUT2D eigenvalue weighted by molar-refractivity contribution is 6.11. The lowest BCUT2D eigenvalue weighted by atomic mass is 9.99. The first-order valence-electron chi connectivity index (χ1n) is 16.7. The summed E-state index contributed by atoms with van der Waals surface area (Å²) in [5.74, 6) is 1.84. The summed E-state index contributed by atoms with van der Waals surface area (Å²) in [6.07, 6.45) is 3.69. The zero-order chi connectivity index (χ0) is 33.4. The van der Waals surface area contributed by atoms with E-state index in [1.165, 1.54) is 27.5 Å². The maximum Gasteiger partial charge on any atom is 0.166 e. The van der Waals surface area contributed by atoms with Gasteiger partial charge in [-0.3, -0.25) is 4.98 Å². The van der Waals surface area contributed by atoms with E-state index in [2.05, 4.69) is 107 Å². The van der Waals surface area contributed by atoms with Crippen molar-refractivity contribution in [3.05, 3.63) is 176 Å². The Morgan fingerprint density at radius 2 is 1.04 bits per heavy atom. The Bertz CT molecular complexity index is 2590. The molecule has 9 aromatic rings. The van der Waals surface area contributed by atoms with Gasteiger partial charge in [-0.2, -0.15) is 0 Å². The minimum atomic E-state index is 0.598. The molecule has 6 aromatic carbocycles. The van der Waals surface area contributed by atoms with Gasteiger partial charge in [0.2, 0.25) is 0 Å². The maximum absolute atomic E-state index is 5.18. The molecule has 0 unspecified atom stereocenters. The van der Waals surface area contributed by atoms with Crippen LogP contribution in [0.15, 0.2) is 170 Å². The van der Waals surface area contributed by atoms with E-state index in [1.807, 2.05) is 72.9 Å². The van der Waals surface area contributed by atoms with Crippen LogP contribution in [0, 0.1) is 6.92 Å². The number of hydrogen-bond acceptors (Lipinski definition) is 4. The number of aryl methyl sites for hydroxylation is 1. The summed E-state index contributed by atoms with van der Waals surface area (Å²) >= 11 is 0. The zero-order valence-electron chi connectivity index (χ0n) is 27.4. The van der Waals surface area contributed by atoms with Crippen molar-refractivity contribution in [1.29, 1.82) is 0 Å².